The lowest BCUT2D eigenvalue weighted by molar-refractivity contribution is -0.151. The normalized spacial score (nSPS) is 34.5. The van der Waals surface area contributed by atoms with Crippen LogP contribution < -0.4 is 0 Å². The zero-order valence-electron chi connectivity index (χ0n) is 9.97. The first kappa shape index (κ1) is 11.1. The average Bonchev–Trinajstić information content (AvgIpc) is 2.16. The van der Waals surface area contributed by atoms with E-state index in [2.05, 4.69) is 6.92 Å². The lowest BCUT2D eigenvalue weighted by atomic mass is 9.66. The van der Waals surface area contributed by atoms with Gasteiger partial charge in [0.15, 0.2) is 5.78 Å². The Kier molecular flexibility index (Phi) is 2.89. The summed E-state index contributed by atoms with van der Waals surface area (Å²) in [7, 11) is 0. The Balaban J connectivity index is 1.94. The number of hydrogen-bond donors (Lipinski definition) is 0. The molecule has 0 bridgehead atoms. The second kappa shape index (κ2) is 3.89. The van der Waals surface area contributed by atoms with Crippen molar-refractivity contribution in [2.75, 3.05) is 6.61 Å². The molecule has 2 rings (SSSR count). The minimum absolute atomic E-state index is 0.293. The maximum absolute atomic E-state index is 12.2. The monoisotopic (exact) mass is 210 g/mol. The SMILES string of the molecule is CC1(CC(=O)C2(C)CCCCO2)CCC1. The Hall–Kier alpha value is -0.370. The van der Waals surface area contributed by atoms with Gasteiger partial charge in [-0.05, 0) is 44.4 Å². The number of carbonyl (C=O) groups excluding carboxylic acids is 1. The van der Waals surface area contributed by atoms with Gasteiger partial charge in [-0.25, -0.2) is 0 Å². The Bertz CT molecular complexity index is 247. The van der Waals surface area contributed by atoms with Gasteiger partial charge in [0, 0.05) is 13.0 Å². The van der Waals surface area contributed by atoms with Gasteiger partial charge in [-0.2, -0.15) is 0 Å². The highest BCUT2D eigenvalue weighted by Crippen LogP contribution is 2.45. The molecule has 86 valence electrons. The minimum atomic E-state index is -0.461. The molecule has 1 saturated carbocycles. The molecule has 1 atom stereocenters. The van der Waals surface area contributed by atoms with E-state index >= 15 is 0 Å². The summed E-state index contributed by atoms with van der Waals surface area (Å²) in [6.07, 6.45) is 7.62. The standard InChI is InChI=1S/C13H22O2/c1-12(6-5-7-12)10-11(14)13(2)8-3-4-9-15-13/h3-10H2,1-2H3. The first-order valence-electron chi connectivity index (χ1n) is 6.21. The number of carbonyl (C=O) groups is 1. The molecule has 0 aromatic carbocycles. The molecule has 1 saturated heterocycles. The minimum Gasteiger partial charge on any atom is -0.368 e. The fraction of sp³-hybridized carbons (Fsp3) is 0.923. The van der Waals surface area contributed by atoms with Crippen molar-refractivity contribution >= 4 is 5.78 Å². The van der Waals surface area contributed by atoms with E-state index in [9.17, 15) is 4.79 Å². The van der Waals surface area contributed by atoms with Gasteiger partial charge in [0.05, 0.1) is 0 Å². The number of Topliss-reactive ketones (excluding diaryl/α,β-unsaturated/α-hetero) is 1. The van der Waals surface area contributed by atoms with Crippen LogP contribution in [0.4, 0.5) is 0 Å². The van der Waals surface area contributed by atoms with E-state index in [0.717, 1.165) is 32.3 Å². The molecule has 2 fully saturated rings. The van der Waals surface area contributed by atoms with E-state index in [1.54, 1.807) is 0 Å². The average molecular weight is 210 g/mol. The highest BCUT2D eigenvalue weighted by atomic mass is 16.5. The van der Waals surface area contributed by atoms with Crippen molar-refractivity contribution in [3.8, 4) is 0 Å². The van der Waals surface area contributed by atoms with Crippen LogP contribution in [0.25, 0.3) is 0 Å². The summed E-state index contributed by atoms with van der Waals surface area (Å²) in [6, 6.07) is 0. The van der Waals surface area contributed by atoms with Gasteiger partial charge >= 0.3 is 0 Å². The smallest absolute Gasteiger partial charge is 0.164 e. The maximum Gasteiger partial charge on any atom is 0.164 e. The fourth-order valence-corrected chi connectivity index (χ4v) is 2.69. The van der Waals surface area contributed by atoms with Gasteiger partial charge in [-0.1, -0.05) is 13.3 Å². The van der Waals surface area contributed by atoms with Crippen LogP contribution in [0.2, 0.25) is 0 Å². The van der Waals surface area contributed by atoms with Crippen LogP contribution in [0.3, 0.4) is 0 Å². The zero-order valence-corrected chi connectivity index (χ0v) is 9.97. The Morgan fingerprint density at radius 2 is 1.87 bits per heavy atom. The second-order valence-electron chi connectivity index (χ2n) is 5.80. The molecule has 0 amide bonds. The predicted molar refractivity (Wildman–Crippen MR) is 59.8 cm³/mol. The third kappa shape index (κ3) is 2.25. The van der Waals surface area contributed by atoms with Crippen molar-refractivity contribution in [3.05, 3.63) is 0 Å². The molecule has 1 aliphatic carbocycles. The molecule has 0 spiro atoms. The summed E-state index contributed by atoms with van der Waals surface area (Å²) in [5.41, 5.74) is -0.169. The third-order valence-electron chi connectivity index (χ3n) is 4.21. The van der Waals surface area contributed by atoms with Gasteiger partial charge in [-0.3, -0.25) is 4.79 Å². The van der Waals surface area contributed by atoms with E-state index < -0.39 is 5.60 Å². The fourth-order valence-electron chi connectivity index (χ4n) is 2.69. The van der Waals surface area contributed by atoms with Crippen LogP contribution in [0.1, 0.15) is 58.8 Å². The van der Waals surface area contributed by atoms with Crippen molar-refractivity contribution in [1.82, 2.24) is 0 Å². The van der Waals surface area contributed by atoms with Gasteiger partial charge in [-0.15, -0.1) is 0 Å². The van der Waals surface area contributed by atoms with E-state index in [-0.39, 0.29) is 0 Å². The lowest BCUT2D eigenvalue weighted by Gasteiger charge is -2.41. The molecule has 15 heavy (non-hydrogen) atoms. The molecule has 1 unspecified atom stereocenters. The molecule has 1 heterocycles. The number of ketones is 1. The van der Waals surface area contributed by atoms with Crippen LogP contribution >= 0.6 is 0 Å². The van der Waals surface area contributed by atoms with E-state index in [4.69, 9.17) is 4.74 Å². The van der Waals surface area contributed by atoms with Crippen LogP contribution in [0, 0.1) is 5.41 Å². The summed E-state index contributed by atoms with van der Waals surface area (Å²) in [5.74, 6) is 0.337. The van der Waals surface area contributed by atoms with Crippen LogP contribution in [0.5, 0.6) is 0 Å². The van der Waals surface area contributed by atoms with E-state index in [0.29, 0.717) is 11.2 Å². The second-order valence-corrected chi connectivity index (χ2v) is 5.80. The summed E-state index contributed by atoms with van der Waals surface area (Å²) in [6.45, 7) is 4.98. The van der Waals surface area contributed by atoms with E-state index in [1.165, 1.54) is 19.3 Å². The molecule has 2 heteroatoms. The largest absolute Gasteiger partial charge is 0.368 e. The Labute approximate surface area is 92.4 Å². The molecular formula is C13H22O2. The number of ether oxygens (including phenoxy) is 1. The highest BCUT2D eigenvalue weighted by Gasteiger charge is 2.41. The summed E-state index contributed by atoms with van der Waals surface area (Å²) >= 11 is 0. The van der Waals surface area contributed by atoms with Crippen LogP contribution in [0.15, 0.2) is 0 Å². The predicted octanol–water partition coefficient (Wildman–Crippen LogP) is 3.10. The first-order valence-corrected chi connectivity index (χ1v) is 6.21. The van der Waals surface area contributed by atoms with Crippen molar-refractivity contribution in [3.63, 3.8) is 0 Å². The Morgan fingerprint density at radius 3 is 2.33 bits per heavy atom. The van der Waals surface area contributed by atoms with Crippen molar-refractivity contribution < 1.29 is 9.53 Å². The lowest BCUT2D eigenvalue weighted by Crippen LogP contribution is -2.44. The van der Waals surface area contributed by atoms with Crippen LogP contribution in [-0.4, -0.2) is 18.0 Å². The maximum atomic E-state index is 12.2. The molecule has 1 aliphatic heterocycles. The third-order valence-corrected chi connectivity index (χ3v) is 4.21. The number of hydrogen-bond acceptors (Lipinski definition) is 2. The molecule has 0 radical (unpaired) electrons. The topological polar surface area (TPSA) is 26.3 Å². The van der Waals surface area contributed by atoms with Crippen molar-refractivity contribution in [1.29, 1.82) is 0 Å². The molecule has 0 aromatic heterocycles. The summed E-state index contributed by atoms with van der Waals surface area (Å²) in [4.78, 5) is 12.2. The summed E-state index contributed by atoms with van der Waals surface area (Å²) < 4.78 is 5.69. The molecule has 0 aromatic rings. The molecular weight excluding hydrogens is 188 g/mol. The summed E-state index contributed by atoms with van der Waals surface area (Å²) in [5, 5.41) is 0. The Morgan fingerprint density at radius 1 is 1.13 bits per heavy atom. The zero-order chi connectivity index (χ0) is 10.9. The molecule has 2 aliphatic rings. The first-order chi connectivity index (χ1) is 7.04. The van der Waals surface area contributed by atoms with E-state index in [1.807, 2.05) is 6.92 Å². The van der Waals surface area contributed by atoms with Gasteiger partial charge in [0.1, 0.15) is 5.60 Å². The van der Waals surface area contributed by atoms with Gasteiger partial charge in [0.2, 0.25) is 0 Å². The molecule has 2 nitrogen and oxygen atoms in total. The van der Waals surface area contributed by atoms with Gasteiger partial charge in [0.25, 0.3) is 0 Å². The highest BCUT2D eigenvalue weighted by molar-refractivity contribution is 5.87. The molecule has 0 N–H and O–H groups in total. The van der Waals surface area contributed by atoms with Crippen molar-refractivity contribution in [2.45, 2.75) is 64.4 Å². The van der Waals surface area contributed by atoms with Crippen LogP contribution in [-0.2, 0) is 9.53 Å². The van der Waals surface area contributed by atoms with Crippen molar-refractivity contribution in [2.24, 2.45) is 5.41 Å². The number of rotatable bonds is 3. The van der Waals surface area contributed by atoms with Gasteiger partial charge < -0.3 is 4.74 Å². The quantitative estimate of drug-likeness (QED) is 0.715.